The Balaban J connectivity index is 1.71. The van der Waals surface area contributed by atoms with E-state index in [-0.39, 0.29) is 5.78 Å². The van der Waals surface area contributed by atoms with Crippen molar-refractivity contribution in [2.24, 2.45) is 0 Å². The molecule has 116 valence electrons. The van der Waals surface area contributed by atoms with Crippen LogP contribution >= 0.6 is 0 Å². The van der Waals surface area contributed by atoms with E-state index in [0.29, 0.717) is 12.8 Å². The lowest BCUT2D eigenvalue weighted by Crippen LogP contribution is -2.08. The Morgan fingerprint density at radius 1 is 0.875 bits per heavy atom. The Bertz CT molecular complexity index is 958. The molecule has 5 rings (SSSR count). The van der Waals surface area contributed by atoms with Crippen LogP contribution in [0.15, 0.2) is 77.3 Å². The van der Waals surface area contributed by atoms with E-state index in [1.54, 1.807) is 0 Å². The number of fused-ring (bicyclic) bond motifs is 3. The van der Waals surface area contributed by atoms with Gasteiger partial charge in [0.25, 0.3) is 0 Å². The number of carbonyl (C=O) groups is 1. The normalized spacial score (nSPS) is 20.2. The fourth-order valence-corrected chi connectivity index (χ4v) is 3.88. The molecule has 0 radical (unpaired) electrons. The third-order valence-electron chi connectivity index (χ3n) is 4.97. The summed E-state index contributed by atoms with van der Waals surface area (Å²) in [4.78, 5) is 12.4. The molecule has 0 amide bonds. The predicted octanol–water partition coefficient (Wildman–Crippen LogP) is 4.68. The van der Waals surface area contributed by atoms with Gasteiger partial charge < -0.3 is 4.74 Å². The first-order valence-electron chi connectivity index (χ1n) is 8.34. The summed E-state index contributed by atoms with van der Waals surface area (Å²) in [5, 5.41) is 0. The molecular weight excluding hydrogens is 296 g/mol. The molecule has 2 aromatic rings. The van der Waals surface area contributed by atoms with Gasteiger partial charge in [0.15, 0.2) is 5.78 Å². The standard InChI is InChI=1S/C22H16O2/c23-18-10-11-19-22(18)21-16-9-5-4-8-15(16)13-17(21)20(24-19)12-14-6-2-1-3-7-14/h1-9,12H,10-11,13H2. The van der Waals surface area contributed by atoms with E-state index >= 15 is 0 Å². The van der Waals surface area contributed by atoms with Crippen LogP contribution in [-0.2, 0) is 16.0 Å². The lowest BCUT2D eigenvalue weighted by atomic mass is 9.93. The maximum absolute atomic E-state index is 12.4. The SMILES string of the molecule is O=C1CCC2=C1C1=C(Cc3ccccc31)C(=Cc1ccccc1)O2. The van der Waals surface area contributed by atoms with Crippen molar-refractivity contribution in [2.75, 3.05) is 0 Å². The first-order valence-corrected chi connectivity index (χ1v) is 8.34. The average Bonchev–Trinajstić information content (AvgIpc) is 3.17. The van der Waals surface area contributed by atoms with Crippen LogP contribution in [-0.4, -0.2) is 5.78 Å². The summed E-state index contributed by atoms with van der Waals surface area (Å²) >= 11 is 0. The molecule has 1 aliphatic heterocycles. The Hall–Kier alpha value is -2.87. The minimum absolute atomic E-state index is 0.216. The number of carbonyl (C=O) groups excluding carboxylic acids is 1. The van der Waals surface area contributed by atoms with Crippen molar-refractivity contribution in [3.8, 4) is 0 Å². The van der Waals surface area contributed by atoms with Gasteiger partial charge >= 0.3 is 0 Å². The second kappa shape index (κ2) is 5.07. The fourth-order valence-electron chi connectivity index (χ4n) is 3.88. The molecule has 0 bridgehead atoms. The number of ether oxygens (including phenoxy) is 1. The van der Waals surface area contributed by atoms with Gasteiger partial charge in [-0.15, -0.1) is 0 Å². The summed E-state index contributed by atoms with van der Waals surface area (Å²) in [7, 11) is 0. The minimum atomic E-state index is 0.216. The molecule has 3 aliphatic rings. The molecule has 0 spiro atoms. The van der Waals surface area contributed by atoms with Crippen molar-refractivity contribution in [1.82, 2.24) is 0 Å². The van der Waals surface area contributed by atoms with Crippen LogP contribution in [0.2, 0.25) is 0 Å². The van der Waals surface area contributed by atoms with Gasteiger partial charge in [0.05, 0.1) is 5.57 Å². The monoisotopic (exact) mass is 312 g/mol. The van der Waals surface area contributed by atoms with Gasteiger partial charge in [-0.3, -0.25) is 4.79 Å². The molecule has 0 aromatic heterocycles. The van der Waals surface area contributed by atoms with Crippen LogP contribution in [0.4, 0.5) is 0 Å². The third kappa shape index (κ3) is 1.93. The van der Waals surface area contributed by atoms with Gasteiger partial charge in [-0.25, -0.2) is 0 Å². The minimum Gasteiger partial charge on any atom is -0.461 e. The second-order valence-electron chi connectivity index (χ2n) is 6.43. The van der Waals surface area contributed by atoms with Crippen molar-refractivity contribution in [3.63, 3.8) is 0 Å². The van der Waals surface area contributed by atoms with Crippen molar-refractivity contribution < 1.29 is 9.53 Å². The molecule has 2 aromatic carbocycles. The maximum Gasteiger partial charge on any atom is 0.167 e. The molecule has 0 fully saturated rings. The quantitative estimate of drug-likeness (QED) is 0.764. The third-order valence-corrected chi connectivity index (χ3v) is 4.97. The zero-order chi connectivity index (χ0) is 16.1. The van der Waals surface area contributed by atoms with E-state index in [4.69, 9.17) is 4.74 Å². The molecule has 0 atom stereocenters. The van der Waals surface area contributed by atoms with E-state index < -0.39 is 0 Å². The van der Waals surface area contributed by atoms with Crippen LogP contribution in [0.25, 0.3) is 11.6 Å². The number of Topliss-reactive ketones (excluding diaryl/α,β-unsaturated/α-hetero) is 1. The highest BCUT2D eigenvalue weighted by Gasteiger charge is 2.38. The van der Waals surface area contributed by atoms with Crippen LogP contribution in [0.1, 0.15) is 29.5 Å². The highest BCUT2D eigenvalue weighted by atomic mass is 16.5. The highest BCUT2D eigenvalue weighted by Crippen LogP contribution is 2.49. The zero-order valence-corrected chi connectivity index (χ0v) is 13.2. The largest absolute Gasteiger partial charge is 0.461 e. The fraction of sp³-hybridized carbons (Fsp3) is 0.136. The number of rotatable bonds is 1. The van der Waals surface area contributed by atoms with E-state index in [1.807, 2.05) is 24.3 Å². The van der Waals surface area contributed by atoms with Gasteiger partial charge in [0, 0.05) is 30.4 Å². The first kappa shape index (κ1) is 13.6. The van der Waals surface area contributed by atoms with Gasteiger partial charge in [-0.05, 0) is 22.8 Å². The summed E-state index contributed by atoms with van der Waals surface area (Å²) < 4.78 is 6.19. The van der Waals surface area contributed by atoms with E-state index in [9.17, 15) is 4.79 Å². The van der Waals surface area contributed by atoms with Crippen molar-refractivity contribution >= 4 is 17.4 Å². The summed E-state index contributed by atoms with van der Waals surface area (Å²) in [6.45, 7) is 0. The van der Waals surface area contributed by atoms with Gasteiger partial charge in [0.1, 0.15) is 11.5 Å². The molecule has 0 saturated heterocycles. The van der Waals surface area contributed by atoms with Crippen LogP contribution < -0.4 is 0 Å². The molecule has 2 aliphatic carbocycles. The molecule has 0 saturated carbocycles. The smallest absolute Gasteiger partial charge is 0.167 e. The van der Waals surface area contributed by atoms with E-state index in [2.05, 4.69) is 36.4 Å². The lowest BCUT2D eigenvalue weighted by Gasteiger charge is -2.21. The molecular formula is C22H16O2. The molecule has 1 heterocycles. The number of hydrogen-bond donors (Lipinski definition) is 0. The summed E-state index contributed by atoms with van der Waals surface area (Å²) in [6.07, 6.45) is 4.18. The number of hydrogen-bond acceptors (Lipinski definition) is 2. The second-order valence-corrected chi connectivity index (χ2v) is 6.43. The van der Waals surface area contributed by atoms with Crippen LogP contribution in [0.3, 0.4) is 0 Å². The van der Waals surface area contributed by atoms with Crippen molar-refractivity contribution in [2.45, 2.75) is 19.3 Å². The molecule has 0 unspecified atom stereocenters. The predicted molar refractivity (Wildman–Crippen MR) is 93.8 cm³/mol. The number of ketones is 1. The van der Waals surface area contributed by atoms with E-state index in [0.717, 1.165) is 40.2 Å². The summed E-state index contributed by atoms with van der Waals surface area (Å²) in [5.74, 6) is 1.95. The van der Waals surface area contributed by atoms with Crippen LogP contribution in [0, 0.1) is 0 Å². The Kier molecular flexibility index (Phi) is 2.86. The first-order chi connectivity index (χ1) is 11.8. The van der Waals surface area contributed by atoms with Gasteiger partial charge in [0.2, 0.25) is 0 Å². The Morgan fingerprint density at radius 2 is 1.67 bits per heavy atom. The Labute approximate surface area is 140 Å². The average molecular weight is 312 g/mol. The molecule has 2 heteroatoms. The van der Waals surface area contributed by atoms with Crippen molar-refractivity contribution in [1.29, 1.82) is 0 Å². The van der Waals surface area contributed by atoms with Gasteiger partial charge in [-0.1, -0.05) is 54.6 Å². The molecule has 2 nitrogen and oxygen atoms in total. The van der Waals surface area contributed by atoms with Crippen molar-refractivity contribution in [3.05, 3.63) is 94.0 Å². The van der Waals surface area contributed by atoms with Gasteiger partial charge in [-0.2, -0.15) is 0 Å². The number of allylic oxidation sites excluding steroid dienone is 4. The summed E-state index contributed by atoms with van der Waals surface area (Å²) in [6, 6.07) is 18.6. The molecule has 0 N–H and O–H groups in total. The lowest BCUT2D eigenvalue weighted by molar-refractivity contribution is -0.114. The van der Waals surface area contributed by atoms with Crippen LogP contribution in [0.5, 0.6) is 0 Å². The maximum atomic E-state index is 12.4. The summed E-state index contributed by atoms with van der Waals surface area (Å²) in [5.41, 5.74) is 6.66. The highest BCUT2D eigenvalue weighted by molar-refractivity contribution is 6.15. The zero-order valence-electron chi connectivity index (χ0n) is 13.2. The topological polar surface area (TPSA) is 26.3 Å². The van der Waals surface area contributed by atoms with E-state index in [1.165, 1.54) is 11.1 Å². The molecule has 24 heavy (non-hydrogen) atoms. The number of benzene rings is 2. The Morgan fingerprint density at radius 3 is 2.54 bits per heavy atom.